The second-order valence-corrected chi connectivity index (χ2v) is 3.77. The van der Waals surface area contributed by atoms with E-state index in [0.29, 0.717) is 5.39 Å². The highest BCUT2D eigenvalue weighted by Gasteiger charge is 2.15. The lowest BCUT2D eigenvalue weighted by Gasteiger charge is -2.05. The van der Waals surface area contributed by atoms with Gasteiger partial charge >= 0.3 is 11.9 Å². The summed E-state index contributed by atoms with van der Waals surface area (Å²) in [6.45, 7) is -0.250. The van der Waals surface area contributed by atoms with Crippen LogP contribution in [0, 0.1) is 0 Å². The summed E-state index contributed by atoms with van der Waals surface area (Å²) in [5.41, 5.74) is 0.0194. The number of benzene rings is 2. The summed E-state index contributed by atoms with van der Waals surface area (Å²) in [5.74, 6) is -2.25. The summed E-state index contributed by atoms with van der Waals surface area (Å²) >= 11 is 0. The van der Waals surface area contributed by atoms with Crippen molar-refractivity contribution in [1.82, 2.24) is 0 Å². The van der Waals surface area contributed by atoms with Crippen LogP contribution in [0.1, 0.15) is 20.7 Å². The molecule has 4 N–H and O–H groups in total. The smallest absolute Gasteiger partial charge is 0.336 e. The van der Waals surface area contributed by atoms with Gasteiger partial charge in [-0.05, 0) is 17.5 Å². The molecule has 106 valence electrons. The number of aliphatic hydroxyl groups is 2. The number of rotatable bonds is 3. The summed E-state index contributed by atoms with van der Waals surface area (Å²) < 4.78 is 0. The molecule has 0 fully saturated rings. The van der Waals surface area contributed by atoms with Crippen molar-refractivity contribution in [2.45, 2.75) is 0 Å². The van der Waals surface area contributed by atoms with E-state index < -0.39 is 11.9 Å². The minimum Gasteiger partial charge on any atom is -0.478 e. The maximum atomic E-state index is 11.0. The molecular formula is C14H14O6. The molecule has 20 heavy (non-hydrogen) atoms. The molecule has 0 aromatic heterocycles. The van der Waals surface area contributed by atoms with Crippen molar-refractivity contribution < 1.29 is 30.0 Å². The highest BCUT2D eigenvalue weighted by atomic mass is 16.4. The number of fused-ring (bicyclic) bond motifs is 1. The van der Waals surface area contributed by atoms with Crippen molar-refractivity contribution in [3.05, 3.63) is 47.5 Å². The molecule has 0 unspecified atom stereocenters. The zero-order chi connectivity index (χ0) is 15.1. The number of hydrogen-bond acceptors (Lipinski definition) is 4. The molecule has 0 atom stereocenters. The Morgan fingerprint density at radius 1 is 0.800 bits per heavy atom. The van der Waals surface area contributed by atoms with Crippen LogP contribution in [0.3, 0.4) is 0 Å². The van der Waals surface area contributed by atoms with E-state index in [9.17, 15) is 9.59 Å². The van der Waals surface area contributed by atoms with Crippen LogP contribution in [-0.2, 0) is 0 Å². The Balaban J connectivity index is 0.000000444. The summed E-state index contributed by atoms with van der Waals surface area (Å²) in [5, 5.41) is 34.1. The Hall–Kier alpha value is -2.44. The van der Waals surface area contributed by atoms with E-state index in [1.165, 1.54) is 12.1 Å². The summed E-state index contributed by atoms with van der Waals surface area (Å²) in [6, 6.07) is 9.37. The zero-order valence-corrected chi connectivity index (χ0v) is 10.5. The molecule has 2 aromatic carbocycles. The van der Waals surface area contributed by atoms with Crippen LogP contribution in [0.5, 0.6) is 0 Å². The summed E-state index contributed by atoms with van der Waals surface area (Å²) in [4.78, 5) is 22.0. The van der Waals surface area contributed by atoms with Crippen molar-refractivity contribution >= 4 is 22.7 Å². The number of carboxylic acid groups (broad SMARTS) is 2. The summed E-state index contributed by atoms with van der Waals surface area (Å²) in [7, 11) is 0. The fourth-order valence-electron chi connectivity index (χ4n) is 1.70. The van der Waals surface area contributed by atoms with Crippen molar-refractivity contribution in [1.29, 1.82) is 0 Å². The van der Waals surface area contributed by atoms with Gasteiger partial charge in [0.15, 0.2) is 0 Å². The van der Waals surface area contributed by atoms with Gasteiger partial charge < -0.3 is 20.4 Å². The maximum Gasteiger partial charge on any atom is 0.336 e. The van der Waals surface area contributed by atoms with Crippen LogP contribution in [0.15, 0.2) is 36.4 Å². The van der Waals surface area contributed by atoms with Crippen molar-refractivity contribution in [2.24, 2.45) is 0 Å². The van der Waals surface area contributed by atoms with Gasteiger partial charge in [-0.2, -0.15) is 0 Å². The molecule has 2 aromatic rings. The Kier molecular flexibility index (Phi) is 5.64. The number of aliphatic hydroxyl groups excluding tert-OH is 2. The van der Waals surface area contributed by atoms with Gasteiger partial charge in [-0.25, -0.2) is 9.59 Å². The lowest BCUT2D eigenvalue weighted by atomic mass is 9.99. The first-order valence-corrected chi connectivity index (χ1v) is 5.73. The topological polar surface area (TPSA) is 115 Å². The molecule has 0 heterocycles. The van der Waals surface area contributed by atoms with E-state index in [4.69, 9.17) is 20.4 Å². The van der Waals surface area contributed by atoms with Crippen molar-refractivity contribution in [3.63, 3.8) is 0 Å². The molecule has 6 nitrogen and oxygen atoms in total. The standard InChI is InChI=1S/C12H8O4.C2H6O2/c13-11(14)8-5-1-3-7-4-2-6-9(10(7)8)12(15)16;3-1-2-4/h1-6H,(H,13,14)(H,15,16);3-4H,1-2H2. The van der Waals surface area contributed by atoms with Gasteiger partial charge in [-0.1, -0.05) is 24.3 Å². The minimum atomic E-state index is -1.13. The van der Waals surface area contributed by atoms with Crippen LogP contribution in [0.4, 0.5) is 0 Å². The predicted octanol–water partition coefficient (Wildman–Crippen LogP) is 1.21. The molecule has 0 aliphatic carbocycles. The molecule has 0 aliphatic heterocycles. The van der Waals surface area contributed by atoms with Gasteiger partial charge in [-0.15, -0.1) is 0 Å². The van der Waals surface area contributed by atoms with Crippen LogP contribution < -0.4 is 0 Å². The zero-order valence-electron chi connectivity index (χ0n) is 10.5. The predicted molar refractivity (Wildman–Crippen MR) is 72.0 cm³/mol. The van der Waals surface area contributed by atoms with E-state index in [0.717, 1.165) is 0 Å². The molecule has 0 radical (unpaired) electrons. The van der Waals surface area contributed by atoms with Crippen molar-refractivity contribution in [2.75, 3.05) is 13.2 Å². The highest BCUT2D eigenvalue weighted by Crippen LogP contribution is 2.23. The van der Waals surface area contributed by atoms with E-state index in [2.05, 4.69) is 0 Å². The van der Waals surface area contributed by atoms with Gasteiger partial charge in [-0.3, -0.25) is 0 Å². The first-order valence-electron chi connectivity index (χ1n) is 5.73. The third-order valence-electron chi connectivity index (χ3n) is 2.47. The van der Waals surface area contributed by atoms with Gasteiger partial charge in [0.25, 0.3) is 0 Å². The van der Waals surface area contributed by atoms with E-state index in [1.807, 2.05) is 0 Å². The lowest BCUT2D eigenvalue weighted by Crippen LogP contribution is -2.03. The first-order chi connectivity index (χ1) is 9.52. The Bertz CT molecular complexity index is 569. The number of carbonyl (C=O) groups is 2. The van der Waals surface area contributed by atoms with Crippen LogP contribution in [0.25, 0.3) is 10.8 Å². The van der Waals surface area contributed by atoms with Gasteiger partial charge in [0.2, 0.25) is 0 Å². The van der Waals surface area contributed by atoms with Crippen LogP contribution >= 0.6 is 0 Å². The molecule has 6 heteroatoms. The fourth-order valence-corrected chi connectivity index (χ4v) is 1.70. The Morgan fingerprint density at radius 3 is 1.50 bits per heavy atom. The monoisotopic (exact) mass is 278 g/mol. The molecule has 0 saturated heterocycles. The van der Waals surface area contributed by atoms with E-state index in [1.54, 1.807) is 24.3 Å². The van der Waals surface area contributed by atoms with Crippen molar-refractivity contribution in [3.8, 4) is 0 Å². The quantitative estimate of drug-likeness (QED) is 0.670. The average molecular weight is 278 g/mol. The third kappa shape index (κ3) is 3.53. The largest absolute Gasteiger partial charge is 0.478 e. The molecule has 0 bridgehead atoms. The molecule has 0 aliphatic rings. The number of carboxylic acids is 2. The Morgan fingerprint density at radius 2 is 1.20 bits per heavy atom. The highest BCUT2D eigenvalue weighted by molar-refractivity contribution is 6.12. The molecular weight excluding hydrogens is 264 g/mol. The second kappa shape index (κ2) is 7.22. The average Bonchev–Trinajstić information content (AvgIpc) is 2.45. The second-order valence-electron chi connectivity index (χ2n) is 3.77. The maximum absolute atomic E-state index is 11.0. The van der Waals surface area contributed by atoms with Gasteiger partial charge in [0.05, 0.1) is 24.3 Å². The third-order valence-corrected chi connectivity index (χ3v) is 2.47. The summed E-state index contributed by atoms with van der Waals surface area (Å²) in [6.07, 6.45) is 0. The van der Waals surface area contributed by atoms with E-state index >= 15 is 0 Å². The molecule has 0 amide bonds. The molecule has 2 rings (SSSR count). The SMILES string of the molecule is O=C(O)c1cccc2cccc(C(=O)O)c12.OCCO. The van der Waals surface area contributed by atoms with E-state index in [-0.39, 0.29) is 29.7 Å². The number of aromatic carboxylic acids is 2. The fraction of sp³-hybridized carbons (Fsp3) is 0.143. The lowest BCUT2D eigenvalue weighted by molar-refractivity contribution is 0.0695. The molecule has 0 spiro atoms. The first kappa shape index (κ1) is 15.6. The minimum absolute atomic E-state index is 0.00972. The van der Waals surface area contributed by atoms with Crippen LogP contribution in [-0.4, -0.2) is 45.6 Å². The Labute approximate surface area is 114 Å². The number of hydrogen-bond donors (Lipinski definition) is 4. The van der Waals surface area contributed by atoms with Crippen LogP contribution in [0.2, 0.25) is 0 Å². The molecule has 0 saturated carbocycles. The van der Waals surface area contributed by atoms with Gasteiger partial charge in [0, 0.05) is 5.39 Å². The normalized spacial score (nSPS) is 9.70. The van der Waals surface area contributed by atoms with Gasteiger partial charge in [0.1, 0.15) is 0 Å².